The van der Waals surface area contributed by atoms with E-state index in [1.165, 1.54) is 6.08 Å². The molecule has 0 radical (unpaired) electrons. The normalized spacial score (nSPS) is 10.4. The highest BCUT2D eigenvalue weighted by Gasteiger charge is 2.06. The molecule has 0 saturated carbocycles. The highest BCUT2D eigenvalue weighted by molar-refractivity contribution is 7.80. The number of methoxy groups -OCH3 is 1. The van der Waals surface area contributed by atoms with Gasteiger partial charge in [0.05, 0.1) is 13.5 Å². The molecule has 146 valence electrons. The quantitative estimate of drug-likeness (QED) is 0.579. The van der Waals surface area contributed by atoms with Crippen molar-refractivity contribution >= 4 is 40.9 Å². The number of benzene rings is 2. The van der Waals surface area contributed by atoms with Crippen molar-refractivity contribution in [2.75, 3.05) is 26.5 Å². The van der Waals surface area contributed by atoms with Crippen molar-refractivity contribution in [1.82, 2.24) is 10.2 Å². The van der Waals surface area contributed by atoms with Crippen molar-refractivity contribution in [2.24, 2.45) is 0 Å². The molecule has 0 heterocycles. The Morgan fingerprint density at radius 1 is 1.11 bits per heavy atom. The second kappa shape index (κ2) is 10.2. The Balaban J connectivity index is 1.88. The molecule has 0 unspecified atom stereocenters. The lowest BCUT2D eigenvalue weighted by Crippen LogP contribution is -2.32. The number of nitrogens with one attached hydrogen (secondary N) is 2. The van der Waals surface area contributed by atoms with E-state index < -0.39 is 0 Å². The second-order valence-electron chi connectivity index (χ2n) is 6.18. The van der Waals surface area contributed by atoms with Gasteiger partial charge in [-0.1, -0.05) is 30.3 Å². The van der Waals surface area contributed by atoms with Gasteiger partial charge in [0.1, 0.15) is 5.75 Å². The van der Waals surface area contributed by atoms with E-state index >= 15 is 0 Å². The minimum absolute atomic E-state index is 0.0327. The molecule has 2 amide bonds. The molecule has 2 aromatic carbocycles. The second-order valence-corrected chi connectivity index (χ2v) is 6.59. The van der Waals surface area contributed by atoms with E-state index in [9.17, 15) is 9.59 Å². The van der Waals surface area contributed by atoms with Crippen LogP contribution in [-0.2, 0) is 16.0 Å². The van der Waals surface area contributed by atoms with Gasteiger partial charge in [0.25, 0.3) is 0 Å². The molecule has 2 N–H and O–H groups in total. The Hall–Kier alpha value is -3.19. The Morgan fingerprint density at radius 3 is 2.43 bits per heavy atom. The van der Waals surface area contributed by atoms with Crippen molar-refractivity contribution in [3.05, 3.63) is 65.7 Å². The SMILES string of the molecule is COc1ccccc1/C=C/C(=O)NC(=S)Nc1ccc(CC(=O)N(C)C)cc1. The van der Waals surface area contributed by atoms with Crippen LogP contribution in [0.2, 0.25) is 0 Å². The molecule has 2 aromatic rings. The number of ether oxygens (including phenoxy) is 1. The van der Waals surface area contributed by atoms with Crippen LogP contribution in [0.1, 0.15) is 11.1 Å². The minimum atomic E-state index is -0.350. The fourth-order valence-corrected chi connectivity index (χ4v) is 2.54. The summed E-state index contributed by atoms with van der Waals surface area (Å²) < 4.78 is 5.24. The third kappa shape index (κ3) is 6.51. The van der Waals surface area contributed by atoms with E-state index in [0.717, 1.165) is 16.8 Å². The van der Waals surface area contributed by atoms with Crippen molar-refractivity contribution in [1.29, 1.82) is 0 Å². The smallest absolute Gasteiger partial charge is 0.250 e. The van der Waals surface area contributed by atoms with Crippen molar-refractivity contribution < 1.29 is 14.3 Å². The zero-order valence-electron chi connectivity index (χ0n) is 16.1. The predicted octanol–water partition coefficient (Wildman–Crippen LogP) is 2.85. The Kier molecular flexibility index (Phi) is 7.71. The largest absolute Gasteiger partial charge is 0.496 e. The zero-order valence-corrected chi connectivity index (χ0v) is 16.9. The topological polar surface area (TPSA) is 70.7 Å². The van der Waals surface area contributed by atoms with Crippen LogP contribution in [0.15, 0.2) is 54.6 Å². The number of carbonyl (C=O) groups excluding carboxylic acids is 2. The number of amides is 2. The third-order valence-electron chi connectivity index (χ3n) is 3.86. The van der Waals surface area contributed by atoms with Gasteiger partial charge >= 0.3 is 0 Å². The molecule has 0 aliphatic heterocycles. The molecule has 0 fully saturated rings. The zero-order chi connectivity index (χ0) is 20.5. The number of hydrogen-bond acceptors (Lipinski definition) is 4. The van der Waals surface area contributed by atoms with Crippen LogP contribution in [-0.4, -0.2) is 43.0 Å². The average molecular weight is 398 g/mol. The van der Waals surface area contributed by atoms with E-state index in [1.807, 2.05) is 36.4 Å². The number of nitrogens with zero attached hydrogens (tertiary/aromatic N) is 1. The minimum Gasteiger partial charge on any atom is -0.496 e. The number of carbonyl (C=O) groups is 2. The van der Waals surface area contributed by atoms with E-state index in [0.29, 0.717) is 12.2 Å². The van der Waals surface area contributed by atoms with Crippen LogP contribution < -0.4 is 15.4 Å². The number of anilines is 1. The highest BCUT2D eigenvalue weighted by atomic mass is 32.1. The Morgan fingerprint density at radius 2 is 1.79 bits per heavy atom. The maximum Gasteiger partial charge on any atom is 0.250 e. The fraction of sp³-hybridized carbons (Fsp3) is 0.190. The first-order valence-corrected chi connectivity index (χ1v) is 9.02. The lowest BCUT2D eigenvalue weighted by molar-refractivity contribution is -0.128. The fourth-order valence-electron chi connectivity index (χ4n) is 2.32. The Bertz CT molecular complexity index is 877. The van der Waals surface area contributed by atoms with Crippen LogP contribution in [0.3, 0.4) is 0 Å². The first-order chi connectivity index (χ1) is 13.4. The van der Waals surface area contributed by atoms with Gasteiger partial charge in [0.2, 0.25) is 11.8 Å². The predicted molar refractivity (Wildman–Crippen MR) is 115 cm³/mol. The monoisotopic (exact) mass is 397 g/mol. The first-order valence-electron chi connectivity index (χ1n) is 8.61. The molecule has 0 bridgehead atoms. The van der Waals surface area contributed by atoms with Gasteiger partial charge in [-0.05, 0) is 42.1 Å². The number of para-hydroxylation sites is 1. The van der Waals surface area contributed by atoms with Crippen LogP contribution in [0.4, 0.5) is 5.69 Å². The summed E-state index contributed by atoms with van der Waals surface area (Å²) >= 11 is 5.17. The molecule has 2 rings (SSSR count). The van der Waals surface area contributed by atoms with Crippen LogP contribution in [0, 0.1) is 0 Å². The van der Waals surface area contributed by atoms with E-state index in [1.54, 1.807) is 44.3 Å². The van der Waals surface area contributed by atoms with Gasteiger partial charge in [-0.25, -0.2) is 0 Å². The van der Waals surface area contributed by atoms with Crippen LogP contribution >= 0.6 is 12.2 Å². The summed E-state index contributed by atoms with van der Waals surface area (Å²) in [6, 6.07) is 14.7. The number of thiocarbonyl (C=S) groups is 1. The summed E-state index contributed by atoms with van der Waals surface area (Å²) in [6.45, 7) is 0. The summed E-state index contributed by atoms with van der Waals surface area (Å²) in [5.74, 6) is 0.363. The average Bonchev–Trinajstić information content (AvgIpc) is 2.67. The molecule has 28 heavy (non-hydrogen) atoms. The van der Waals surface area contributed by atoms with E-state index in [-0.39, 0.29) is 16.9 Å². The standard InChI is InChI=1S/C21H23N3O3S/c1-24(2)20(26)14-15-8-11-17(12-9-15)22-21(28)23-19(25)13-10-16-6-4-5-7-18(16)27-3/h4-13H,14H2,1-3H3,(H2,22,23,25,28)/b13-10+. The van der Waals surface area contributed by atoms with Crippen molar-refractivity contribution in [3.8, 4) is 5.75 Å². The van der Waals surface area contributed by atoms with Crippen molar-refractivity contribution in [2.45, 2.75) is 6.42 Å². The Labute approximate surface area is 170 Å². The van der Waals surface area contributed by atoms with Gasteiger partial charge in [-0.3, -0.25) is 14.9 Å². The van der Waals surface area contributed by atoms with E-state index in [4.69, 9.17) is 17.0 Å². The maximum atomic E-state index is 12.0. The molecule has 0 aliphatic carbocycles. The molecule has 0 aromatic heterocycles. The van der Waals surface area contributed by atoms with E-state index in [2.05, 4.69) is 10.6 Å². The van der Waals surface area contributed by atoms with Gasteiger partial charge in [-0.15, -0.1) is 0 Å². The van der Waals surface area contributed by atoms with Crippen LogP contribution in [0.25, 0.3) is 6.08 Å². The molecule has 0 atom stereocenters. The molecule has 0 spiro atoms. The van der Waals surface area contributed by atoms with Gasteiger partial charge in [0, 0.05) is 31.4 Å². The van der Waals surface area contributed by atoms with Gasteiger partial charge in [-0.2, -0.15) is 0 Å². The number of rotatable bonds is 6. The highest BCUT2D eigenvalue weighted by Crippen LogP contribution is 2.18. The molecule has 0 saturated heterocycles. The van der Waals surface area contributed by atoms with Gasteiger partial charge < -0.3 is 15.0 Å². The summed E-state index contributed by atoms with van der Waals surface area (Å²) in [6.07, 6.45) is 3.39. The lowest BCUT2D eigenvalue weighted by Gasteiger charge is -2.11. The summed E-state index contributed by atoms with van der Waals surface area (Å²) in [4.78, 5) is 25.3. The van der Waals surface area contributed by atoms with Crippen LogP contribution in [0.5, 0.6) is 5.75 Å². The lowest BCUT2D eigenvalue weighted by atomic mass is 10.1. The number of hydrogen-bond donors (Lipinski definition) is 2. The molecule has 6 nitrogen and oxygen atoms in total. The maximum absolute atomic E-state index is 12.0. The molecule has 7 heteroatoms. The molecular weight excluding hydrogens is 374 g/mol. The summed E-state index contributed by atoms with van der Waals surface area (Å²) in [5, 5.41) is 5.72. The first kappa shape index (κ1) is 21.1. The summed E-state index contributed by atoms with van der Waals surface area (Å²) in [5.41, 5.74) is 2.42. The molecular formula is C21H23N3O3S. The third-order valence-corrected chi connectivity index (χ3v) is 4.06. The van der Waals surface area contributed by atoms with Gasteiger partial charge in [0.15, 0.2) is 5.11 Å². The van der Waals surface area contributed by atoms with Crippen molar-refractivity contribution in [3.63, 3.8) is 0 Å². The number of likely N-dealkylation sites (N-methyl/N-ethyl adjacent to an activating group) is 1. The summed E-state index contributed by atoms with van der Waals surface area (Å²) in [7, 11) is 5.02. The molecule has 0 aliphatic rings.